The summed E-state index contributed by atoms with van der Waals surface area (Å²) < 4.78 is 32.8. The fraction of sp³-hybridized carbons (Fsp3) is 0.214. The highest BCUT2D eigenvalue weighted by atomic mass is 16.6. The van der Waals surface area contributed by atoms with E-state index >= 15 is 0 Å². The maximum atomic E-state index is 14.6. The summed E-state index contributed by atoms with van der Waals surface area (Å²) in [6, 6.07) is 49.2. The largest absolute Gasteiger partial charge is 0.481 e. The minimum Gasteiger partial charge on any atom is -0.481 e. The molecule has 1 saturated heterocycles. The van der Waals surface area contributed by atoms with Crippen LogP contribution in [0.4, 0.5) is 0 Å². The number of ketones is 1. The molecule has 1 aliphatic heterocycles. The van der Waals surface area contributed by atoms with Gasteiger partial charge in [0.15, 0.2) is 18.0 Å². The average Bonchev–Trinajstić information content (AvgIpc) is 3.24. The lowest BCUT2D eigenvalue weighted by atomic mass is 9.99. The smallest absolute Gasteiger partial charge is 0.228 e. The minimum atomic E-state index is -1.02. The zero-order chi connectivity index (χ0) is 32.8. The summed E-state index contributed by atoms with van der Waals surface area (Å²) in [5, 5.41) is 0. The first-order chi connectivity index (χ1) is 23.7. The number of Topliss-reactive ketones (excluding diaryl/α,β-unsaturated/α-hetero) is 1. The SMILES string of the molecule is O=C1/C(=C/c2ccccc2)O[C@H](COCc2ccccc2)[C@@H](OCc2ccccc2)[C@H](OCc2ccccc2)[C@H]1OCc1ccccc1. The van der Waals surface area contributed by atoms with E-state index in [9.17, 15) is 4.79 Å². The Hall–Kier alpha value is -4.85. The molecule has 0 spiro atoms. The van der Waals surface area contributed by atoms with Gasteiger partial charge in [-0.15, -0.1) is 0 Å². The summed E-state index contributed by atoms with van der Waals surface area (Å²) in [6.07, 6.45) is -1.50. The fourth-order valence-corrected chi connectivity index (χ4v) is 5.61. The van der Waals surface area contributed by atoms with Gasteiger partial charge in [0, 0.05) is 0 Å². The standard InChI is InChI=1S/C42H40O6/c43-39-37(26-32-16-6-1-7-17-32)48-38(31-44-27-33-18-8-2-9-19-33)40(45-28-34-20-10-3-11-21-34)42(47-30-36-24-14-5-15-25-36)41(39)46-29-35-22-12-4-13-23-35/h1-26,38,40-42H,27-31H2/b37-26-/t38-,40-,41+,42+/m1/s1. The monoisotopic (exact) mass is 640 g/mol. The molecular weight excluding hydrogens is 600 g/mol. The highest BCUT2D eigenvalue weighted by molar-refractivity contribution is 6.01. The van der Waals surface area contributed by atoms with Crippen molar-refractivity contribution in [3.63, 3.8) is 0 Å². The third kappa shape index (κ3) is 9.37. The molecule has 6 heteroatoms. The first-order valence-corrected chi connectivity index (χ1v) is 16.3. The predicted octanol–water partition coefficient (Wildman–Crippen LogP) is 7.97. The van der Waals surface area contributed by atoms with Crippen molar-refractivity contribution in [2.45, 2.75) is 50.8 Å². The molecule has 0 N–H and O–H groups in total. The van der Waals surface area contributed by atoms with Crippen molar-refractivity contribution in [1.82, 2.24) is 0 Å². The normalized spacial score (nSPS) is 20.2. The summed E-state index contributed by atoms with van der Waals surface area (Å²) >= 11 is 0. The summed E-state index contributed by atoms with van der Waals surface area (Å²) in [6.45, 7) is 1.28. The Morgan fingerprint density at radius 2 is 0.917 bits per heavy atom. The number of ether oxygens (including phenoxy) is 5. The van der Waals surface area contributed by atoms with Crippen molar-refractivity contribution in [3.05, 3.63) is 185 Å². The van der Waals surface area contributed by atoms with Crippen LogP contribution in [0.3, 0.4) is 0 Å². The maximum absolute atomic E-state index is 14.6. The Labute approximate surface area is 282 Å². The molecule has 6 nitrogen and oxygen atoms in total. The van der Waals surface area contributed by atoms with E-state index in [-0.39, 0.29) is 38.0 Å². The van der Waals surface area contributed by atoms with Crippen LogP contribution in [0, 0.1) is 0 Å². The van der Waals surface area contributed by atoms with Gasteiger partial charge in [-0.25, -0.2) is 0 Å². The second kappa shape index (κ2) is 17.3. The topological polar surface area (TPSA) is 63.2 Å². The third-order valence-electron chi connectivity index (χ3n) is 8.10. The van der Waals surface area contributed by atoms with Crippen LogP contribution in [0.5, 0.6) is 0 Å². The molecule has 1 heterocycles. The Morgan fingerprint density at radius 1 is 0.500 bits per heavy atom. The summed E-state index contributed by atoms with van der Waals surface area (Å²) in [5.41, 5.74) is 4.76. The molecule has 0 aliphatic carbocycles. The van der Waals surface area contributed by atoms with Crippen molar-refractivity contribution >= 4 is 11.9 Å². The zero-order valence-electron chi connectivity index (χ0n) is 26.8. The Kier molecular flexibility index (Phi) is 11.9. The van der Waals surface area contributed by atoms with E-state index < -0.39 is 24.4 Å². The van der Waals surface area contributed by atoms with E-state index in [4.69, 9.17) is 23.7 Å². The van der Waals surface area contributed by atoms with E-state index in [0.29, 0.717) is 6.61 Å². The highest BCUT2D eigenvalue weighted by Gasteiger charge is 2.47. The molecular formula is C42H40O6. The molecule has 5 aromatic carbocycles. The minimum absolute atomic E-state index is 0.157. The number of carbonyl (C=O) groups excluding carboxylic acids is 1. The first-order valence-electron chi connectivity index (χ1n) is 16.3. The number of carbonyl (C=O) groups is 1. The molecule has 0 bridgehead atoms. The van der Waals surface area contributed by atoms with E-state index in [1.54, 1.807) is 6.08 Å². The van der Waals surface area contributed by atoms with Crippen LogP contribution in [-0.4, -0.2) is 36.8 Å². The molecule has 1 aliphatic rings. The third-order valence-corrected chi connectivity index (χ3v) is 8.10. The van der Waals surface area contributed by atoms with Crippen molar-refractivity contribution in [1.29, 1.82) is 0 Å². The molecule has 6 rings (SSSR count). The van der Waals surface area contributed by atoms with Crippen LogP contribution < -0.4 is 0 Å². The Balaban J connectivity index is 1.38. The van der Waals surface area contributed by atoms with Crippen LogP contribution in [-0.2, 0) is 54.9 Å². The number of hydrogen-bond donors (Lipinski definition) is 0. The van der Waals surface area contributed by atoms with Crippen molar-refractivity contribution in [2.75, 3.05) is 6.61 Å². The summed E-state index contributed by atoms with van der Waals surface area (Å²) in [7, 11) is 0. The highest BCUT2D eigenvalue weighted by Crippen LogP contribution is 2.30. The van der Waals surface area contributed by atoms with Gasteiger partial charge >= 0.3 is 0 Å². The molecule has 5 aromatic rings. The second-order valence-electron chi connectivity index (χ2n) is 11.7. The van der Waals surface area contributed by atoms with Crippen LogP contribution in [0.25, 0.3) is 6.08 Å². The van der Waals surface area contributed by atoms with E-state index in [2.05, 4.69) is 0 Å². The lowest BCUT2D eigenvalue weighted by molar-refractivity contribution is -0.177. The Morgan fingerprint density at radius 3 is 1.42 bits per heavy atom. The quantitative estimate of drug-likeness (QED) is 0.115. The van der Waals surface area contributed by atoms with Crippen LogP contribution in [0.15, 0.2) is 157 Å². The molecule has 0 radical (unpaired) electrons. The van der Waals surface area contributed by atoms with E-state index in [1.807, 2.05) is 152 Å². The van der Waals surface area contributed by atoms with E-state index in [0.717, 1.165) is 27.8 Å². The molecule has 1 fully saturated rings. The van der Waals surface area contributed by atoms with Gasteiger partial charge in [-0.05, 0) is 33.9 Å². The average molecular weight is 641 g/mol. The maximum Gasteiger partial charge on any atom is 0.228 e. The van der Waals surface area contributed by atoms with Crippen molar-refractivity contribution in [2.24, 2.45) is 0 Å². The van der Waals surface area contributed by atoms with Gasteiger partial charge in [0.1, 0.15) is 12.2 Å². The lowest BCUT2D eigenvalue weighted by Gasteiger charge is -2.33. The van der Waals surface area contributed by atoms with Gasteiger partial charge in [0.2, 0.25) is 5.78 Å². The van der Waals surface area contributed by atoms with Gasteiger partial charge in [-0.2, -0.15) is 0 Å². The molecule has 0 amide bonds. The van der Waals surface area contributed by atoms with Crippen molar-refractivity contribution < 1.29 is 28.5 Å². The van der Waals surface area contributed by atoms with Crippen LogP contribution >= 0.6 is 0 Å². The van der Waals surface area contributed by atoms with E-state index in [1.165, 1.54) is 0 Å². The van der Waals surface area contributed by atoms with Gasteiger partial charge in [-0.3, -0.25) is 4.79 Å². The molecule has 244 valence electrons. The fourth-order valence-electron chi connectivity index (χ4n) is 5.61. The van der Waals surface area contributed by atoms with Crippen LogP contribution in [0.2, 0.25) is 0 Å². The predicted molar refractivity (Wildman–Crippen MR) is 185 cm³/mol. The summed E-state index contributed by atoms with van der Waals surface area (Å²) in [5.74, 6) is -0.140. The van der Waals surface area contributed by atoms with Gasteiger partial charge in [-0.1, -0.05) is 152 Å². The van der Waals surface area contributed by atoms with Gasteiger partial charge in [0.25, 0.3) is 0 Å². The van der Waals surface area contributed by atoms with Crippen molar-refractivity contribution in [3.8, 4) is 0 Å². The molecule has 4 atom stereocenters. The molecule has 0 aromatic heterocycles. The number of hydrogen-bond acceptors (Lipinski definition) is 6. The summed E-state index contributed by atoms with van der Waals surface area (Å²) in [4.78, 5) is 14.6. The molecule has 48 heavy (non-hydrogen) atoms. The number of benzene rings is 5. The van der Waals surface area contributed by atoms with Crippen LogP contribution in [0.1, 0.15) is 27.8 Å². The number of rotatable bonds is 14. The second-order valence-corrected chi connectivity index (χ2v) is 11.7. The van der Waals surface area contributed by atoms with Gasteiger partial charge in [0.05, 0.1) is 33.0 Å². The van der Waals surface area contributed by atoms with Gasteiger partial charge < -0.3 is 23.7 Å². The first kappa shape index (κ1) is 33.1. The molecule has 0 unspecified atom stereocenters. The zero-order valence-corrected chi connectivity index (χ0v) is 26.8. The lowest BCUT2D eigenvalue weighted by Crippen LogP contribution is -2.50. The Bertz CT molecular complexity index is 1690. The molecule has 0 saturated carbocycles.